The molecule has 1 saturated heterocycles. The van der Waals surface area contributed by atoms with E-state index in [9.17, 15) is 0 Å². The first-order chi connectivity index (χ1) is 11.0. The molecule has 0 aromatic carbocycles. The largest absolute Gasteiger partial charge is 0.356 e. The third kappa shape index (κ3) is 9.16. The van der Waals surface area contributed by atoms with Crippen molar-refractivity contribution in [2.75, 3.05) is 59.4 Å². The fraction of sp³-hybridized carbons (Fsp3) is 0.944. The van der Waals surface area contributed by atoms with Crippen LogP contribution >= 0.6 is 0 Å². The van der Waals surface area contributed by atoms with E-state index in [-0.39, 0.29) is 0 Å². The predicted molar refractivity (Wildman–Crippen MR) is 101 cm³/mol. The number of guanidine groups is 1. The van der Waals surface area contributed by atoms with E-state index in [4.69, 9.17) is 0 Å². The standard InChI is InChI=1S/C18H39N5/c1-6-22-10-12-23(13-11-22)15-17(4)14-21-18(19-5)20-9-7-8-16(2)3/h16-17H,6-15H2,1-5H3,(H2,19,20,21). The van der Waals surface area contributed by atoms with E-state index in [2.05, 4.69) is 53.1 Å². The molecule has 0 spiro atoms. The summed E-state index contributed by atoms with van der Waals surface area (Å²) in [6.07, 6.45) is 2.47. The second-order valence-electron chi connectivity index (χ2n) is 7.26. The quantitative estimate of drug-likeness (QED) is 0.386. The smallest absolute Gasteiger partial charge is 0.190 e. The molecule has 0 saturated carbocycles. The zero-order valence-corrected chi connectivity index (χ0v) is 16.1. The van der Waals surface area contributed by atoms with Crippen LogP contribution in [0.25, 0.3) is 0 Å². The number of nitrogens with zero attached hydrogens (tertiary/aromatic N) is 3. The maximum absolute atomic E-state index is 4.32. The molecule has 5 heteroatoms. The number of hydrogen-bond acceptors (Lipinski definition) is 3. The molecule has 1 aliphatic rings. The molecule has 5 nitrogen and oxygen atoms in total. The zero-order chi connectivity index (χ0) is 17.1. The number of hydrogen-bond donors (Lipinski definition) is 2. The number of aliphatic imine (C=N–C) groups is 1. The lowest BCUT2D eigenvalue weighted by atomic mass is 10.1. The number of likely N-dealkylation sites (N-methyl/N-ethyl adjacent to an activating group) is 1. The minimum atomic E-state index is 0.636. The Morgan fingerprint density at radius 3 is 2.26 bits per heavy atom. The summed E-state index contributed by atoms with van der Waals surface area (Å²) >= 11 is 0. The molecule has 136 valence electrons. The van der Waals surface area contributed by atoms with Crippen molar-refractivity contribution < 1.29 is 0 Å². The molecule has 2 N–H and O–H groups in total. The average Bonchev–Trinajstić information content (AvgIpc) is 2.54. The highest BCUT2D eigenvalue weighted by Gasteiger charge is 2.17. The Morgan fingerprint density at radius 2 is 1.70 bits per heavy atom. The SMILES string of the molecule is CCN1CCN(CC(C)CNC(=NC)NCCCC(C)C)CC1. The van der Waals surface area contributed by atoms with Crippen LogP contribution in [-0.2, 0) is 0 Å². The third-order valence-corrected chi connectivity index (χ3v) is 4.57. The third-order valence-electron chi connectivity index (χ3n) is 4.57. The molecule has 1 atom stereocenters. The van der Waals surface area contributed by atoms with E-state index < -0.39 is 0 Å². The van der Waals surface area contributed by atoms with Gasteiger partial charge in [-0.15, -0.1) is 0 Å². The highest BCUT2D eigenvalue weighted by atomic mass is 15.3. The van der Waals surface area contributed by atoms with Crippen LogP contribution in [0, 0.1) is 11.8 Å². The van der Waals surface area contributed by atoms with E-state index in [1.54, 1.807) is 0 Å². The molecule has 1 fully saturated rings. The highest BCUT2D eigenvalue weighted by Crippen LogP contribution is 2.05. The molecule has 1 unspecified atom stereocenters. The Bertz CT molecular complexity index is 321. The molecule has 0 amide bonds. The maximum atomic E-state index is 4.32. The number of rotatable bonds is 9. The van der Waals surface area contributed by atoms with E-state index >= 15 is 0 Å². The summed E-state index contributed by atoms with van der Waals surface area (Å²) in [6.45, 7) is 18.3. The Hall–Kier alpha value is -0.810. The van der Waals surface area contributed by atoms with Crippen LogP contribution in [0.5, 0.6) is 0 Å². The van der Waals surface area contributed by atoms with Crippen molar-refractivity contribution >= 4 is 5.96 Å². The number of nitrogens with one attached hydrogen (secondary N) is 2. The number of piperazine rings is 1. The summed E-state index contributed by atoms with van der Waals surface area (Å²) in [5.41, 5.74) is 0. The van der Waals surface area contributed by atoms with Gasteiger partial charge in [-0.05, 0) is 31.2 Å². The van der Waals surface area contributed by atoms with Crippen molar-refractivity contribution in [2.45, 2.75) is 40.5 Å². The Morgan fingerprint density at radius 1 is 1.04 bits per heavy atom. The molecule has 1 heterocycles. The monoisotopic (exact) mass is 325 g/mol. The van der Waals surface area contributed by atoms with Crippen LogP contribution in [0.15, 0.2) is 4.99 Å². The average molecular weight is 326 g/mol. The minimum Gasteiger partial charge on any atom is -0.356 e. The molecule has 0 bridgehead atoms. The molecule has 0 radical (unpaired) electrons. The Balaban J connectivity index is 2.14. The van der Waals surface area contributed by atoms with Gasteiger partial charge in [-0.2, -0.15) is 0 Å². The lowest BCUT2D eigenvalue weighted by Gasteiger charge is -2.35. The fourth-order valence-corrected chi connectivity index (χ4v) is 3.00. The first-order valence-electron chi connectivity index (χ1n) is 9.44. The van der Waals surface area contributed by atoms with Gasteiger partial charge in [0.15, 0.2) is 5.96 Å². The van der Waals surface area contributed by atoms with Crippen molar-refractivity contribution in [1.29, 1.82) is 0 Å². The van der Waals surface area contributed by atoms with E-state index in [1.165, 1.54) is 52.1 Å². The minimum absolute atomic E-state index is 0.636. The molecular weight excluding hydrogens is 286 g/mol. The summed E-state index contributed by atoms with van der Waals surface area (Å²) in [5.74, 6) is 2.36. The Labute approximate surface area is 143 Å². The van der Waals surface area contributed by atoms with Crippen LogP contribution in [0.2, 0.25) is 0 Å². The molecule has 0 aliphatic carbocycles. The van der Waals surface area contributed by atoms with Crippen molar-refractivity contribution in [3.63, 3.8) is 0 Å². The maximum Gasteiger partial charge on any atom is 0.190 e. The van der Waals surface area contributed by atoms with Gasteiger partial charge in [0.05, 0.1) is 0 Å². The lowest BCUT2D eigenvalue weighted by molar-refractivity contribution is 0.124. The van der Waals surface area contributed by atoms with Crippen LogP contribution in [-0.4, -0.2) is 75.2 Å². The summed E-state index contributed by atoms with van der Waals surface area (Å²) in [4.78, 5) is 9.44. The van der Waals surface area contributed by atoms with Crippen LogP contribution in [0.4, 0.5) is 0 Å². The van der Waals surface area contributed by atoms with Crippen molar-refractivity contribution in [3.05, 3.63) is 0 Å². The van der Waals surface area contributed by atoms with Crippen LogP contribution in [0.1, 0.15) is 40.5 Å². The van der Waals surface area contributed by atoms with Gasteiger partial charge in [0, 0.05) is 52.9 Å². The van der Waals surface area contributed by atoms with Crippen LogP contribution < -0.4 is 10.6 Å². The highest BCUT2D eigenvalue weighted by molar-refractivity contribution is 5.79. The second kappa shape index (κ2) is 11.7. The predicted octanol–water partition coefficient (Wildman–Crippen LogP) is 1.86. The Kier molecular flexibility index (Phi) is 10.3. The first-order valence-corrected chi connectivity index (χ1v) is 9.44. The van der Waals surface area contributed by atoms with Gasteiger partial charge in [0.25, 0.3) is 0 Å². The van der Waals surface area contributed by atoms with E-state index in [0.29, 0.717) is 5.92 Å². The van der Waals surface area contributed by atoms with Crippen molar-refractivity contribution in [2.24, 2.45) is 16.8 Å². The summed E-state index contributed by atoms with van der Waals surface area (Å²) in [7, 11) is 1.85. The molecule has 23 heavy (non-hydrogen) atoms. The summed E-state index contributed by atoms with van der Waals surface area (Å²) in [5, 5.41) is 6.88. The van der Waals surface area contributed by atoms with Gasteiger partial charge in [-0.25, -0.2) is 0 Å². The van der Waals surface area contributed by atoms with Crippen molar-refractivity contribution in [1.82, 2.24) is 20.4 Å². The van der Waals surface area contributed by atoms with Gasteiger partial charge in [0.1, 0.15) is 0 Å². The van der Waals surface area contributed by atoms with E-state index in [1.807, 2.05) is 7.05 Å². The lowest BCUT2D eigenvalue weighted by Crippen LogP contribution is -2.48. The normalized spacial score (nSPS) is 19.1. The molecule has 0 aromatic heterocycles. The molecule has 1 aliphatic heterocycles. The fourth-order valence-electron chi connectivity index (χ4n) is 3.00. The van der Waals surface area contributed by atoms with Gasteiger partial charge in [-0.3, -0.25) is 4.99 Å². The van der Waals surface area contributed by atoms with Crippen LogP contribution in [0.3, 0.4) is 0 Å². The van der Waals surface area contributed by atoms with Gasteiger partial charge >= 0.3 is 0 Å². The van der Waals surface area contributed by atoms with Crippen molar-refractivity contribution in [3.8, 4) is 0 Å². The van der Waals surface area contributed by atoms with Gasteiger partial charge in [-0.1, -0.05) is 27.7 Å². The van der Waals surface area contributed by atoms with E-state index in [0.717, 1.165) is 25.0 Å². The first kappa shape index (κ1) is 20.2. The summed E-state index contributed by atoms with van der Waals surface area (Å²) < 4.78 is 0. The van der Waals surface area contributed by atoms with Gasteiger partial charge in [0.2, 0.25) is 0 Å². The zero-order valence-electron chi connectivity index (χ0n) is 16.1. The summed E-state index contributed by atoms with van der Waals surface area (Å²) in [6, 6.07) is 0. The van der Waals surface area contributed by atoms with Gasteiger partial charge < -0.3 is 20.4 Å². The molecule has 1 rings (SSSR count). The molecular formula is C18H39N5. The second-order valence-corrected chi connectivity index (χ2v) is 7.26. The topological polar surface area (TPSA) is 42.9 Å². The molecule has 0 aromatic rings.